The van der Waals surface area contributed by atoms with E-state index in [1.54, 1.807) is 0 Å². The van der Waals surface area contributed by atoms with E-state index in [2.05, 4.69) is 6.92 Å². The Morgan fingerprint density at radius 3 is 2.00 bits per heavy atom. The van der Waals surface area contributed by atoms with Crippen LogP contribution < -0.4 is 0 Å². The van der Waals surface area contributed by atoms with Crippen molar-refractivity contribution in [2.75, 3.05) is 0 Å². The zero-order chi connectivity index (χ0) is 17.9. The average Bonchev–Trinajstić information content (AvgIpc) is 2.54. The molecule has 0 spiro atoms. The fourth-order valence-electron chi connectivity index (χ4n) is 2.60. The summed E-state index contributed by atoms with van der Waals surface area (Å²) in [4.78, 5) is 12.0. The van der Waals surface area contributed by atoms with Gasteiger partial charge in [0.05, 0.1) is 11.7 Å². The van der Waals surface area contributed by atoms with E-state index in [9.17, 15) is 20.1 Å². The number of rotatable bonds is 11. The maximum Gasteiger partial charge on any atom is 0.338 e. The highest BCUT2D eigenvalue weighted by Crippen LogP contribution is 2.35. The molecular formula is C19H30O5. The van der Waals surface area contributed by atoms with Gasteiger partial charge < -0.3 is 20.1 Å². The molecule has 0 aromatic heterocycles. The summed E-state index contributed by atoms with van der Waals surface area (Å²) in [6, 6.07) is 2.17. The van der Waals surface area contributed by atoms with Crippen molar-refractivity contribution < 1.29 is 24.9 Å². The Kier molecular flexibility index (Phi) is 9.05. The fraction of sp³-hybridized carbons (Fsp3) is 0.632. The molecule has 24 heavy (non-hydrogen) atoms. The van der Waals surface area contributed by atoms with Gasteiger partial charge in [-0.2, -0.15) is 0 Å². The van der Waals surface area contributed by atoms with E-state index in [4.69, 9.17) is 4.74 Å². The zero-order valence-corrected chi connectivity index (χ0v) is 14.8. The van der Waals surface area contributed by atoms with Crippen molar-refractivity contribution in [1.29, 1.82) is 0 Å². The molecule has 0 bridgehead atoms. The fourth-order valence-corrected chi connectivity index (χ4v) is 2.60. The van der Waals surface area contributed by atoms with Gasteiger partial charge in [0.15, 0.2) is 17.2 Å². The summed E-state index contributed by atoms with van der Waals surface area (Å²) in [5, 5.41) is 28.1. The van der Waals surface area contributed by atoms with Crippen LogP contribution in [0.2, 0.25) is 0 Å². The van der Waals surface area contributed by atoms with E-state index < -0.39 is 23.2 Å². The Bertz CT molecular complexity index is 489. The molecule has 136 valence electrons. The highest BCUT2D eigenvalue weighted by atomic mass is 16.5. The maximum atomic E-state index is 12.0. The molecule has 1 rings (SSSR count). The number of phenolic OH excluding ortho intramolecular Hbond substituents is 3. The molecule has 0 saturated heterocycles. The lowest BCUT2D eigenvalue weighted by atomic mass is 10.1. The van der Waals surface area contributed by atoms with Crippen LogP contribution in [0.25, 0.3) is 0 Å². The smallest absolute Gasteiger partial charge is 0.338 e. The van der Waals surface area contributed by atoms with E-state index in [0.717, 1.165) is 31.4 Å². The highest BCUT2D eigenvalue weighted by molar-refractivity contribution is 5.91. The first kappa shape index (κ1) is 20.1. The van der Waals surface area contributed by atoms with Gasteiger partial charge in [-0.05, 0) is 31.9 Å². The minimum atomic E-state index is -0.640. The summed E-state index contributed by atoms with van der Waals surface area (Å²) < 4.78 is 5.30. The maximum absolute atomic E-state index is 12.0. The summed E-state index contributed by atoms with van der Waals surface area (Å²) in [7, 11) is 0. The number of unbranched alkanes of at least 4 members (excludes halogenated alkanes) is 7. The third kappa shape index (κ3) is 7.11. The number of ether oxygens (including phenoxy) is 1. The predicted octanol–water partition coefficient (Wildman–Crippen LogP) is 4.88. The largest absolute Gasteiger partial charge is 0.504 e. The summed E-state index contributed by atoms with van der Waals surface area (Å²) in [6.45, 7) is 4.04. The number of hydrogen-bond acceptors (Lipinski definition) is 5. The molecule has 0 fully saturated rings. The molecule has 0 aliphatic rings. The first-order valence-electron chi connectivity index (χ1n) is 8.91. The van der Waals surface area contributed by atoms with E-state index in [0.29, 0.717) is 0 Å². The second-order valence-electron chi connectivity index (χ2n) is 6.34. The Morgan fingerprint density at radius 2 is 1.46 bits per heavy atom. The number of carbonyl (C=O) groups is 1. The zero-order valence-electron chi connectivity index (χ0n) is 14.8. The number of phenols is 3. The molecule has 3 N–H and O–H groups in total. The number of hydrogen-bond donors (Lipinski definition) is 3. The van der Waals surface area contributed by atoms with Crippen molar-refractivity contribution in [2.24, 2.45) is 0 Å². The van der Waals surface area contributed by atoms with Crippen molar-refractivity contribution in [3.05, 3.63) is 17.7 Å². The third-order valence-corrected chi connectivity index (χ3v) is 4.08. The van der Waals surface area contributed by atoms with Crippen LogP contribution in [0.4, 0.5) is 0 Å². The topological polar surface area (TPSA) is 87.0 Å². The first-order valence-corrected chi connectivity index (χ1v) is 8.91. The molecule has 0 heterocycles. The molecule has 0 aliphatic heterocycles. The van der Waals surface area contributed by atoms with E-state index in [1.165, 1.54) is 38.5 Å². The highest BCUT2D eigenvalue weighted by Gasteiger charge is 2.16. The molecule has 0 aliphatic carbocycles. The van der Waals surface area contributed by atoms with Crippen LogP contribution in [0.15, 0.2) is 12.1 Å². The van der Waals surface area contributed by atoms with Crippen LogP contribution in [-0.2, 0) is 4.74 Å². The molecule has 0 radical (unpaired) electrons. The van der Waals surface area contributed by atoms with Crippen LogP contribution in [0.5, 0.6) is 17.2 Å². The van der Waals surface area contributed by atoms with Gasteiger partial charge in [-0.15, -0.1) is 0 Å². The normalized spacial score (nSPS) is 12.1. The van der Waals surface area contributed by atoms with Gasteiger partial charge in [0.25, 0.3) is 0 Å². The minimum Gasteiger partial charge on any atom is -0.504 e. The van der Waals surface area contributed by atoms with E-state index in [-0.39, 0.29) is 11.7 Å². The van der Waals surface area contributed by atoms with Crippen LogP contribution in [0.1, 0.15) is 82.0 Å². The van der Waals surface area contributed by atoms with Crippen LogP contribution in [-0.4, -0.2) is 27.4 Å². The van der Waals surface area contributed by atoms with Gasteiger partial charge in [-0.3, -0.25) is 0 Å². The number of aromatic hydroxyl groups is 3. The second-order valence-corrected chi connectivity index (χ2v) is 6.34. The van der Waals surface area contributed by atoms with Crippen molar-refractivity contribution in [3.8, 4) is 17.2 Å². The van der Waals surface area contributed by atoms with E-state index >= 15 is 0 Å². The Hall–Kier alpha value is -1.91. The lowest BCUT2D eigenvalue weighted by Crippen LogP contribution is -2.15. The quantitative estimate of drug-likeness (QED) is 0.304. The molecule has 5 nitrogen and oxygen atoms in total. The molecule has 1 aromatic rings. The number of esters is 1. The minimum absolute atomic E-state index is 0.0191. The van der Waals surface area contributed by atoms with Gasteiger partial charge in [0, 0.05) is 0 Å². The van der Waals surface area contributed by atoms with Crippen molar-refractivity contribution in [2.45, 2.75) is 77.7 Å². The van der Waals surface area contributed by atoms with Crippen molar-refractivity contribution in [1.82, 2.24) is 0 Å². The number of carbonyl (C=O) groups excluding carboxylic acids is 1. The Morgan fingerprint density at radius 1 is 0.958 bits per heavy atom. The summed E-state index contributed by atoms with van der Waals surface area (Å²) >= 11 is 0. The molecular weight excluding hydrogens is 308 g/mol. The molecule has 0 amide bonds. The monoisotopic (exact) mass is 338 g/mol. The first-order chi connectivity index (χ1) is 11.5. The number of benzene rings is 1. The summed E-state index contributed by atoms with van der Waals surface area (Å²) in [5.74, 6) is -2.35. The SMILES string of the molecule is CCCCCCCCCCC(C)OC(=O)c1cc(O)c(O)c(O)c1. The summed E-state index contributed by atoms with van der Waals surface area (Å²) in [6.07, 6.45) is 10.4. The lowest BCUT2D eigenvalue weighted by Gasteiger charge is -2.13. The van der Waals surface area contributed by atoms with Gasteiger partial charge in [0.1, 0.15) is 0 Å². The second kappa shape index (κ2) is 10.8. The van der Waals surface area contributed by atoms with Crippen LogP contribution in [0, 0.1) is 0 Å². The predicted molar refractivity (Wildman–Crippen MR) is 93.5 cm³/mol. The van der Waals surface area contributed by atoms with Gasteiger partial charge in [-0.1, -0.05) is 51.9 Å². The Balaban J connectivity index is 2.25. The van der Waals surface area contributed by atoms with Crippen molar-refractivity contribution >= 4 is 5.97 Å². The van der Waals surface area contributed by atoms with E-state index in [1.807, 2.05) is 6.92 Å². The van der Waals surface area contributed by atoms with Gasteiger partial charge in [0.2, 0.25) is 0 Å². The lowest BCUT2D eigenvalue weighted by molar-refractivity contribution is 0.0318. The molecule has 1 unspecified atom stereocenters. The summed E-state index contributed by atoms with van der Waals surface area (Å²) in [5.41, 5.74) is 0.0191. The standard InChI is InChI=1S/C19H30O5/c1-3-4-5-6-7-8-9-10-11-14(2)24-19(23)15-12-16(20)18(22)17(21)13-15/h12-14,20-22H,3-11H2,1-2H3. The molecule has 1 atom stereocenters. The third-order valence-electron chi connectivity index (χ3n) is 4.08. The van der Waals surface area contributed by atoms with Gasteiger partial charge in [-0.25, -0.2) is 4.79 Å². The molecule has 0 saturated carbocycles. The van der Waals surface area contributed by atoms with Crippen molar-refractivity contribution in [3.63, 3.8) is 0 Å². The average molecular weight is 338 g/mol. The van der Waals surface area contributed by atoms with Crippen LogP contribution in [0.3, 0.4) is 0 Å². The Labute approximate surface area is 144 Å². The van der Waals surface area contributed by atoms with Crippen LogP contribution >= 0.6 is 0 Å². The molecule has 1 aromatic carbocycles. The molecule has 5 heteroatoms. The van der Waals surface area contributed by atoms with Gasteiger partial charge >= 0.3 is 5.97 Å².